The summed E-state index contributed by atoms with van der Waals surface area (Å²) < 4.78 is 13.1. The van der Waals surface area contributed by atoms with E-state index in [0.29, 0.717) is 16.4 Å². The standard InChI is InChI=1S/C14H19ClFN3/c15-13-9-10(16)7-8-12(13)14(19-17)18-11-5-3-1-2-4-6-11/h7-9,11H,1-6,17H2,(H,18,19). The molecule has 1 fully saturated rings. The van der Waals surface area contributed by atoms with Crippen LogP contribution in [0.2, 0.25) is 5.02 Å². The normalized spacial score (nSPS) is 18.2. The molecule has 0 unspecified atom stereocenters. The zero-order chi connectivity index (χ0) is 13.7. The van der Waals surface area contributed by atoms with E-state index in [1.807, 2.05) is 0 Å². The lowest BCUT2D eigenvalue weighted by atomic mass is 10.1. The SMILES string of the molecule is NNC(=NC1CCCCCC1)c1ccc(F)cc1Cl. The summed E-state index contributed by atoms with van der Waals surface area (Å²) >= 11 is 6.04. The molecule has 1 aliphatic rings. The maximum absolute atomic E-state index is 13.1. The zero-order valence-corrected chi connectivity index (χ0v) is 11.6. The van der Waals surface area contributed by atoms with E-state index in [1.54, 1.807) is 6.07 Å². The Bertz CT molecular complexity index is 454. The summed E-state index contributed by atoms with van der Waals surface area (Å²) in [5.41, 5.74) is 3.24. The molecule has 0 bridgehead atoms. The van der Waals surface area contributed by atoms with Crippen LogP contribution in [0.5, 0.6) is 0 Å². The Morgan fingerprint density at radius 1 is 1.26 bits per heavy atom. The molecule has 1 saturated carbocycles. The van der Waals surface area contributed by atoms with E-state index < -0.39 is 0 Å². The van der Waals surface area contributed by atoms with Gasteiger partial charge in [0.15, 0.2) is 0 Å². The summed E-state index contributed by atoms with van der Waals surface area (Å²) in [5.74, 6) is 5.71. The number of amidine groups is 1. The minimum absolute atomic E-state index is 0.273. The van der Waals surface area contributed by atoms with Crippen molar-refractivity contribution in [2.75, 3.05) is 0 Å². The van der Waals surface area contributed by atoms with Gasteiger partial charge in [-0.1, -0.05) is 37.3 Å². The maximum Gasteiger partial charge on any atom is 0.144 e. The number of nitrogens with zero attached hydrogens (tertiary/aromatic N) is 1. The first-order valence-electron chi connectivity index (χ1n) is 6.70. The molecule has 1 aromatic carbocycles. The number of rotatable bonds is 2. The largest absolute Gasteiger partial charge is 0.308 e. The van der Waals surface area contributed by atoms with Gasteiger partial charge in [0.25, 0.3) is 0 Å². The second kappa shape index (κ2) is 6.87. The van der Waals surface area contributed by atoms with Gasteiger partial charge in [-0.15, -0.1) is 0 Å². The Labute approximate surface area is 118 Å². The number of nitrogens with two attached hydrogens (primary N) is 1. The molecule has 0 amide bonds. The summed E-state index contributed by atoms with van der Waals surface area (Å²) in [6, 6.07) is 4.51. The van der Waals surface area contributed by atoms with E-state index in [1.165, 1.54) is 37.8 Å². The van der Waals surface area contributed by atoms with E-state index >= 15 is 0 Å². The van der Waals surface area contributed by atoms with Gasteiger partial charge in [0, 0.05) is 5.56 Å². The second-order valence-electron chi connectivity index (χ2n) is 4.89. The lowest BCUT2D eigenvalue weighted by Gasteiger charge is -2.13. The molecule has 0 spiro atoms. The monoisotopic (exact) mass is 283 g/mol. The van der Waals surface area contributed by atoms with Gasteiger partial charge in [-0.3, -0.25) is 4.99 Å². The fourth-order valence-electron chi connectivity index (χ4n) is 2.44. The topological polar surface area (TPSA) is 50.4 Å². The lowest BCUT2D eigenvalue weighted by molar-refractivity contribution is 0.583. The van der Waals surface area contributed by atoms with Crippen molar-refractivity contribution in [3.8, 4) is 0 Å². The van der Waals surface area contributed by atoms with Crippen molar-refractivity contribution >= 4 is 17.4 Å². The van der Waals surface area contributed by atoms with Crippen LogP contribution in [0, 0.1) is 5.82 Å². The van der Waals surface area contributed by atoms with Crippen molar-refractivity contribution in [1.29, 1.82) is 0 Å². The molecule has 3 nitrogen and oxygen atoms in total. The van der Waals surface area contributed by atoms with Crippen molar-refractivity contribution in [3.05, 3.63) is 34.6 Å². The van der Waals surface area contributed by atoms with Crippen LogP contribution in [0.1, 0.15) is 44.1 Å². The zero-order valence-electron chi connectivity index (χ0n) is 10.8. The average molecular weight is 284 g/mol. The highest BCUT2D eigenvalue weighted by Gasteiger charge is 2.14. The minimum atomic E-state index is -0.361. The Balaban J connectivity index is 2.22. The lowest BCUT2D eigenvalue weighted by Crippen LogP contribution is -2.32. The van der Waals surface area contributed by atoms with Crippen molar-refractivity contribution in [2.24, 2.45) is 10.8 Å². The third kappa shape index (κ3) is 3.91. The molecule has 2 rings (SSSR count). The van der Waals surface area contributed by atoms with Crippen molar-refractivity contribution < 1.29 is 4.39 Å². The van der Waals surface area contributed by atoms with Gasteiger partial charge < -0.3 is 5.43 Å². The molecule has 5 heteroatoms. The molecule has 19 heavy (non-hydrogen) atoms. The molecule has 1 aliphatic carbocycles. The van der Waals surface area contributed by atoms with E-state index in [0.717, 1.165) is 12.8 Å². The first-order chi connectivity index (χ1) is 9.20. The van der Waals surface area contributed by atoms with Crippen LogP contribution in [0.15, 0.2) is 23.2 Å². The van der Waals surface area contributed by atoms with Gasteiger partial charge >= 0.3 is 0 Å². The van der Waals surface area contributed by atoms with Crippen molar-refractivity contribution in [2.45, 2.75) is 44.6 Å². The van der Waals surface area contributed by atoms with Gasteiger partial charge in [0.05, 0.1) is 11.1 Å². The number of hydrogen-bond donors (Lipinski definition) is 2. The fraction of sp³-hybridized carbons (Fsp3) is 0.500. The predicted octanol–water partition coefficient (Wildman–Crippen LogP) is 3.41. The van der Waals surface area contributed by atoms with Crippen LogP contribution in [0.3, 0.4) is 0 Å². The summed E-state index contributed by atoms with van der Waals surface area (Å²) in [6.45, 7) is 0. The third-order valence-electron chi connectivity index (χ3n) is 3.46. The van der Waals surface area contributed by atoms with Gasteiger partial charge in [0.2, 0.25) is 0 Å². The van der Waals surface area contributed by atoms with Crippen LogP contribution < -0.4 is 11.3 Å². The Morgan fingerprint density at radius 3 is 2.53 bits per heavy atom. The maximum atomic E-state index is 13.1. The molecule has 0 radical (unpaired) electrons. The highest BCUT2D eigenvalue weighted by atomic mass is 35.5. The van der Waals surface area contributed by atoms with Crippen LogP contribution in [0.4, 0.5) is 4.39 Å². The first kappa shape index (κ1) is 14.3. The molecule has 0 heterocycles. The highest BCUT2D eigenvalue weighted by Crippen LogP contribution is 2.22. The molecule has 0 aromatic heterocycles. The van der Waals surface area contributed by atoms with Crippen LogP contribution in [0.25, 0.3) is 0 Å². The minimum Gasteiger partial charge on any atom is -0.308 e. The molecule has 3 N–H and O–H groups in total. The molecule has 0 atom stereocenters. The van der Waals surface area contributed by atoms with E-state index in [4.69, 9.17) is 17.4 Å². The number of hydrazine groups is 1. The van der Waals surface area contributed by atoms with E-state index in [2.05, 4.69) is 10.4 Å². The summed E-state index contributed by atoms with van der Waals surface area (Å²) in [4.78, 5) is 4.65. The van der Waals surface area contributed by atoms with Crippen LogP contribution in [-0.2, 0) is 0 Å². The second-order valence-corrected chi connectivity index (χ2v) is 5.30. The van der Waals surface area contributed by atoms with Gasteiger partial charge in [-0.2, -0.15) is 0 Å². The van der Waals surface area contributed by atoms with Crippen LogP contribution >= 0.6 is 11.6 Å². The quantitative estimate of drug-likeness (QED) is 0.287. The van der Waals surface area contributed by atoms with Crippen LogP contribution in [-0.4, -0.2) is 11.9 Å². The van der Waals surface area contributed by atoms with Gasteiger partial charge in [0.1, 0.15) is 11.7 Å². The predicted molar refractivity (Wildman–Crippen MR) is 76.8 cm³/mol. The van der Waals surface area contributed by atoms with Gasteiger partial charge in [-0.25, -0.2) is 10.2 Å². The summed E-state index contributed by atoms with van der Waals surface area (Å²) in [7, 11) is 0. The smallest absolute Gasteiger partial charge is 0.144 e. The molecule has 0 saturated heterocycles. The number of nitrogens with one attached hydrogen (secondary N) is 1. The number of halogens is 2. The molecule has 0 aliphatic heterocycles. The van der Waals surface area contributed by atoms with E-state index in [9.17, 15) is 4.39 Å². The molecule has 104 valence electrons. The first-order valence-corrected chi connectivity index (χ1v) is 7.08. The third-order valence-corrected chi connectivity index (χ3v) is 3.77. The molecular weight excluding hydrogens is 265 g/mol. The van der Waals surface area contributed by atoms with Crippen molar-refractivity contribution in [1.82, 2.24) is 5.43 Å². The average Bonchev–Trinajstić information content (AvgIpc) is 2.65. The molecule has 1 aromatic rings. The number of aliphatic imine (C=N–C) groups is 1. The fourth-order valence-corrected chi connectivity index (χ4v) is 2.69. The summed E-state index contributed by atoms with van der Waals surface area (Å²) in [6.07, 6.45) is 7.09. The van der Waals surface area contributed by atoms with Gasteiger partial charge in [-0.05, 0) is 31.0 Å². The van der Waals surface area contributed by atoms with Crippen molar-refractivity contribution in [3.63, 3.8) is 0 Å². The summed E-state index contributed by atoms with van der Waals surface area (Å²) in [5, 5.41) is 0.324. The highest BCUT2D eigenvalue weighted by molar-refractivity contribution is 6.34. The Hall–Kier alpha value is -1.13. The number of hydrogen-bond acceptors (Lipinski definition) is 2. The van der Waals surface area contributed by atoms with E-state index in [-0.39, 0.29) is 11.9 Å². The Morgan fingerprint density at radius 2 is 1.95 bits per heavy atom. The molecular formula is C14H19ClFN3. The Kier molecular flexibility index (Phi) is 5.16. The number of benzene rings is 1.